The predicted octanol–water partition coefficient (Wildman–Crippen LogP) is 10.1. The van der Waals surface area contributed by atoms with Gasteiger partial charge in [-0.1, -0.05) is 137 Å². The van der Waals surface area contributed by atoms with Crippen molar-refractivity contribution in [3.63, 3.8) is 0 Å². The Labute approximate surface area is 392 Å². The molecule has 0 aliphatic carbocycles. The van der Waals surface area contributed by atoms with Crippen LogP contribution in [-0.4, -0.2) is 81.7 Å². The SMILES string of the molecule is CCCC=NC(=O)CC(c1ccc(OCC(=O)O)c(C(=O)O)c1)N(CCCCCC)C(=O)CCCCCN1C(=O)NC(c2ccc(-c3ccccc3)cc2)C(C(=O)OCc2ccccc2)=C1C. The summed E-state index contributed by atoms with van der Waals surface area (Å²) in [5, 5.41) is 22.3. The molecular formula is C53H62N4O10. The molecule has 0 radical (unpaired) electrons. The highest BCUT2D eigenvalue weighted by atomic mass is 16.5. The molecule has 2 atom stereocenters. The van der Waals surface area contributed by atoms with Gasteiger partial charge in [0, 0.05) is 31.4 Å². The molecule has 2 unspecified atom stereocenters. The van der Waals surface area contributed by atoms with Crippen molar-refractivity contribution in [2.75, 3.05) is 19.7 Å². The number of esters is 1. The normalized spacial score (nSPS) is 14.1. The number of allylic oxidation sites excluding steroid dienone is 1. The van der Waals surface area contributed by atoms with E-state index in [2.05, 4.69) is 17.2 Å². The van der Waals surface area contributed by atoms with Gasteiger partial charge in [-0.15, -0.1) is 0 Å². The molecule has 0 aromatic heterocycles. The molecule has 4 aromatic carbocycles. The second-order valence-electron chi connectivity index (χ2n) is 16.5. The number of ether oxygens (including phenoxy) is 2. The fourth-order valence-corrected chi connectivity index (χ4v) is 8.00. The van der Waals surface area contributed by atoms with E-state index in [1.807, 2.05) is 91.9 Å². The van der Waals surface area contributed by atoms with Crippen molar-refractivity contribution in [1.29, 1.82) is 0 Å². The number of carbonyl (C=O) groups excluding carboxylic acids is 4. The summed E-state index contributed by atoms with van der Waals surface area (Å²) in [5.41, 5.74) is 4.47. The van der Waals surface area contributed by atoms with E-state index in [1.165, 1.54) is 18.3 Å². The lowest BCUT2D eigenvalue weighted by atomic mass is 9.93. The molecule has 0 bridgehead atoms. The molecule has 354 valence electrons. The number of aliphatic imine (C=N–C) groups is 1. The molecule has 4 amide bonds. The monoisotopic (exact) mass is 914 g/mol. The number of amides is 4. The average molecular weight is 915 g/mol. The lowest BCUT2D eigenvalue weighted by Crippen LogP contribution is -2.48. The minimum absolute atomic E-state index is 0.0576. The number of carbonyl (C=O) groups is 6. The molecule has 5 rings (SSSR count). The van der Waals surface area contributed by atoms with Crippen molar-refractivity contribution in [3.8, 4) is 16.9 Å². The Balaban J connectivity index is 1.34. The zero-order valence-corrected chi connectivity index (χ0v) is 38.7. The Hall–Kier alpha value is -7.09. The maximum atomic E-state index is 14.3. The summed E-state index contributed by atoms with van der Waals surface area (Å²) >= 11 is 0. The molecule has 0 spiro atoms. The maximum Gasteiger partial charge on any atom is 0.341 e. The Bertz CT molecular complexity index is 2370. The first kappa shape index (κ1) is 50.9. The second-order valence-corrected chi connectivity index (χ2v) is 16.5. The zero-order chi connectivity index (χ0) is 48.1. The molecule has 14 heteroatoms. The Kier molecular flexibility index (Phi) is 19.9. The first-order valence-corrected chi connectivity index (χ1v) is 23.1. The zero-order valence-electron chi connectivity index (χ0n) is 38.7. The first-order chi connectivity index (χ1) is 32.4. The molecular weight excluding hydrogens is 853 g/mol. The molecule has 1 aliphatic rings. The molecule has 0 saturated carbocycles. The van der Waals surface area contributed by atoms with Crippen molar-refractivity contribution in [3.05, 3.63) is 137 Å². The van der Waals surface area contributed by atoms with Gasteiger partial charge in [-0.3, -0.25) is 14.5 Å². The topological polar surface area (TPSA) is 192 Å². The van der Waals surface area contributed by atoms with E-state index in [0.717, 1.165) is 47.9 Å². The lowest BCUT2D eigenvalue weighted by molar-refractivity contribution is -0.141. The summed E-state index contributed by atoms with van der Waals surface area (Å²) in [5.74, 6) is -4.03. The van der Waals surface area contributed by atoms with Crippen LogP contribution in [-0.2, 0) is 30.5 Å². The average Bonchev–Trinajstić information content (AvgIpc) is 3.33. The Morgan fingerprint density at radius 3 is 2.18 bits per heavy atom. The molecule has 1 aliphatic heterocycles. The fraction of sp³-hybridized carbons (Fsp3) is 0.377. The van der Waals surface area contributed by atoms with Gasteiger partial charge in [0.2, 0.25) is 11.8 Å². The maximum absolute atomic E-state index is 14.3. The van der Waals surface area contributed by atoms with Crippen molar-refractivity contribution >= 4 is 42.0 Å². The van der Waals surface area contributed by atoms with Crippen LogP contribution in [0.4, 0.5) is 4.79 Å². The van der Waals surface area contributed by atoms with Crippen LogP contribution >= 0.6 is 0 Å². The van der Waals surface area contributed by atoms with E-state index >= 15 is 0 Å². The number of hydrogen-bond acceptors (Lipinski definition) is 8. The van der Waals surface area contributed by atoms with E-state index in [9.17, 15) is 33.9 Å². The van der Waals surface area contributed by atoms with Crippen molar-refractivity contribution in [1.82, 2.24) is 15.1 Å². The predicted molar refractivity (Wildman–Crippen MR) is 255 cm³/mol. The Morgan fingerprint density at radius 2 is 1.51 bits per heavy atom. The summed E-state index contributed by atoms with van der Waals surface area (Å²) in [6.45, 7) is 5.67. The van der Waals surface area contributed by atoms with E-state index in [1.54, 1.807) is 22.8 Å². The van der Waals surface area contributed by atoms with E-state index in [4.69, 9.17) is 14.6 Å². The van der Waals surface area contributed by atoms with Crippen LogP contribution in [0, 0.1) is 0 Å². The van der Waals surface area contributed by atoms with Gasteiger partial charge in [0.1, 0.15) is 17.9 Å². The van der Waals surface area contributed by atoms with Gasteiger partial charge in [0.05, 0.1) is 24.1 Å². The van der Waals surface area contributed by atoms with Crippen LogP contribution in [0.1, 0.15) is 131 Å². The lowest BCUT2D eigenvalue weighted by Gasteiger charge is -2.35. The number of rotatable bonds is 26. The molecule has 67 heavy (non-hydrogen) atoms. The molecule has 3 N–H and O–H groups in total. The third kappa shape index (κ3) is 15.0. The van der Waals surface area contributed by atoms with Gasteiger partial charge in [-0.05, 0) is 72.6 Å². The van der Waals surface area contributed by atoms with Gasteiger partial charge in [0.15, 0.2) is 6.61 Å². The van der Waals surface area contributed by atoms with Crippen LogP contribution in [0.15, 0.2) is 119 Å². The number of carboxylic acid groups (broad SMARTS) is 2. The summed E-state index contributed by atoms with van der Waals surface area (Å²) in [6.07, 6.45) is 7.73. The molecule has 0 fully saturated rings. The largest absolute Gasteiger partial charge is 0.481 e. The number of nitrogens with zero attached hydrogens (tertiary/aromatic N) is 3. The minimum Gasteiger partial charge on any atom is -0.481 e. The van der Waals surface area contributed by atoms with Crippen LogP contribution in [0.25, 0.3) is 11.1 Å². The first-order valence-electron chi connectivity index (χ1n) is 23.1. The number of hydrogen-bond donors (Lipinski definition) is 3. The highest BCUT2D eigenvalue weighted by Gasteiger charge is 2.36. The van der Waals surface area contributed by atoms with Gasteiger partial charge in [-0.2, -0.15) is 0 Å². The molecule has 14 nitrogen and oxygen atoms in total. The van der Waals surface area contributed by atoms with Crippen LogP contribution in [0.5, 0.6) is 5.75 Å². The highest BCUT2D eigenvalue weighted by Crippen LogP contribution is 2.34. The van der Waals surface area contributed by atoms with E-state index in [0.29, 0.717) is 55.5 Å². The van der Waals surface area contributed by atoms with Crippen molar-refractivity contribution in [2.45, 2.75) is 110 Å². The summed E-state index contributed by atoms with van der Waals surface area (Å²) < 4.78 is 11.1. The summed E-state index contributed by atoms with van der Waals surface area (Å²) in [7, 11) is 0. The number of nitrogens with one attached hydrogen (secondary N) is 1. The third-order valence-corrected chi connectivity index (χ3v) is 11.6. The van der Waals surface area contributed by atoms with Gasteiger partial charge in [0.25, 0.3) is 0 Å². The molecule has 0 saturated heterocycles. The molecule has 4 aromatic rings. The fourth-order valence-electron chi connectivity index (χ4n) is 8.00. The van der Waals surface area contributed by atoms with Gasteiger partial charge in [-0.25, -0.2) is 24.2 Å². The van der Waals surface area contributed by atoms with Crippen LogP contribution in [0.2, 0.25) is 0 Å². The standard InChI is InChI=1S/C53H62N4O10/c1-4-6-8-17-32-57(44(34-46(58)54-30-7-5-2)42-28-29-45(66-36-48(60)61)43(33-42)51(62)63)47(59)23-16-11-18-31-56-37(3)49(52(64)67-35-38-19-12-9-13-20-38)50(55-53(56)65)41-26-24-40(25-27-41)39-21-14-10-15-22-39/h9-10,12-15,19-22,24-30,33,44,50H,4-8,11,16-18,23,31-32,34-36H2,1-3H3,(H,55,65)(H,60,61)(H,62,63). The molecule has 1 heterocycles. The number of aliphatic carboxylic acids is 1. The number of aromatic carboxylic acids is 1. The number of unbranched alkanes of at least 4 members (excludes halogenated alkanes) is 6. The number of benzene rings is 4. The second kappa shape index (κ2) is 26.2. The van der Waals surface area contributed by atoms with E-state index < -0.39 is 42.5 Å². The van der Waals surface area contributed by atoms with E-state index in [-0.39, 0.29) is 49.2 Å². The van der Waals surface area contributed by atoms with Crippen LogP contribution < -0.4 is 10.1 Å². The van der Waals surface area contributed by atoms with Gasteiger partial charge < -0.3 is 29.9 Å². The summed E-state index contributed by atoms with van der Waals surface area (Å²) in [4.78, 5) is 86.2. The van der Waals surface area contributed by atoms with Crippen molar-refractivity contribution in [2.24, 2.45) is 4.99 Å². The third-order valence-electron chi connectivity index (χ3n) is 11.6. The van der Waals surface area contributed by atoms with Crippen LogP contribution in [0.3, 0.4) is 0 Å². The Morgan fingerprint density at radius 1 is 0.821 bits per heavy atom. The quantitative estimate of drug-likeness (QED) is 0.0310. The number of urea groups is 1. The smallest absolute Gasteiger partial charge is 0.341 e. The number of carboxylic acids is 2. The van der Waals surface area contributed by atoms with Crippen molar-refractivity contribution < 1.29 is 48.5 Å². The van der Waals surface area contributed by atoms with Gasteiger partial charge >= 0.3 is 23.9 Å². The summed E-state index contributed by atoms with van der Waals surface area (Å²) in [6, 6.07) is 29.3. The highest BCUT2D eigenvalue weighted by molar-refractivity contribution is 5.95. The minimum atomic E-state index is -1.36.